The van der Waals surface area contributed by atoms with Crippen LogP contribution in [0.1, 0.15) is 18.2 Å². The highest BCUT2D eigenvalue weighted by molar-refractivity contribution is 6.09. The highest BCUT2D eigenvalue weighted by Gasteiger charge is 2.19. The van der Waals surface area contributed by atoms with Crippen molar-refractivity contribution >= 4 is 50.7 Å². The fourth-order valence-electron chi connectivity index (χ4n) is 7.87. The van der Waals surface area contributed by atoms with Crippen molar-refractivity contribution in [2.75, 3.05) is 0 Å². The molecule has 0 spiro atoms. The number of fused-ring (bicyclic) bond motifs is 5. The fraction of sp³-hybridized carbons (Fsp3) is 0.0200. The first kappa shape index (κ1) is 33.8. The van der Waals surface area contributed by atoms with E-state index in [0.29, 0.717) is 11.3 Å². The summed E-state index contributed by atoms with van der Waals surface area (Å²) in [6.07, 6.45) is 7.53. The Labute approximate surface area is 326 Å². The normalized spacial score (nSPS) is 11.7. The molecule has 0 saturated carbocycles. The molecule has 272 valence electrons. The molecule has 57 heavy (non-hydrogen) atoms. The van der Waals surface area contributed by atoms with E-state index < -0.39 is 11.4 Å². The van der Waals surface area contributed by atoms with Crippen molar-refractivity contribution in [3.8, 4) is 50.2 Å². The number of aromatic nitrogens is 3. The minimum atomic E-state index is -0.651. The molecule has 6 aromatic carbocycles. The SMILES string of the molecule is C=Cc1oc2c(-c3ccc(-c4cc(-c5ccc(-c6cccc7c6oc6ccccc67)cc5)c5nc(=O)n(-c6ccccc6)c(=O)n5c4)cc3)cccc2c1/C=C\C. The van der Waals surface area contributed by atoms with Crippen LogP contribution in [0.15, 0.2) is 183 Å². The molecule has 0 unspecified atom stereocenters. The first-order valence-electron chi connectivity index (χ1n) is 18.7. The molecule has 7 heteroatoms. The maximum absolute atomic E-state index is 14.3. The minimum absolute atomic E-state index is 0.268. The van der Waals surface area contributed by atoms with Gasteiger partial charge in [-0.1, -0.05) is 140 Å². The molecule has 0 N–H and O–H groups in total. The molecular weight excluding hydrogens is 707 g/mol. The smallest absolute Gasteiger partial charge is 0.358 e. The predicted molar refractivity (Wildman–Crippen MR) is 231 cm³/mol. The molecule has 4 aromatic heterocycles. The summed E-state index contributed by atoms with van der Waals surface area (Å²) in [6, 6.07) is 47.4. The van der Waals surface area contributed by atoms with E-state index in [4.69, 9.17) is 8.83 Å². The summed E-state index contributed by atoms with van der Waals surface area (Å²) in [4.78, 5) is 32.4. The lowest BCUT2D eigenvalue weighted by Gasteiger charge is -2.14. The average Bonchev–Trinajstić information content (AvgIpc) is 3.82. The lowest BCUT2D eigenvalue weighted by atomic mass is 9.96. The maximum Gasteiger partial charge on any atom is 0.358 e. The van der Waals surface area contributed by atoms with Gasteiger partial charge in [0.15, 0.2) is 5.65 Å². The molecule has 10 rings (SSSR count). The van der Waals surface area contributed by atoms with Crippen molar-refractivity contribution in [2.24, 2.45) is 0 Å². The van der Waals surface area contributed by atoms with Crippen LogP contribution >= 0.6 is 0 Å². The molecule has 4 heterocycles. The summed E-state index contributed by atoms with van der Waals surface area (Å²) < 4.78 is 15.2. The van der Waals surface area contributed by atoms with E-state index in [0.717, 1.165) is 87.7 Å². The van der Waals surface area contributed by atoms with Crippen LogP contribution in [0.3, 0.4) is 0 Å². The molecule has 0 atom stereocenters. The van der Waals surface area contributed by atoms with Crippen molar-refractivity contribution in [3.05, 3.63) is 197 Å². The van der Waals surface area contributed by atoms with Crippen molar-refractivity contribution in [3.63, 3.8) is 0 Å². The number of hydrogen-bond donors (Lipinski definition) is 0. The number of benzene rings is 6. The monoisotopic (exact) mass is 739 g/mol. The van der Waals surface area contributed by atoms with Gasteiger partial charge in [-0.2, -0.15) is 4.98 Å². The Kier molecular flexibility index (Phi) is 8.01. The Hall–Kier alpha value is -7.77. The lowest BCUT2D eigenvalue weighted by Crippen LogP contribution is -2.38. The summed E-state index contributed by atoms with van der Waals surface area (Å²) in [5.74, 6) is 0.725. The van der Waals surface area contributed by atoms with E-state index in [1.165, 1.54) is 4.40 Å². The van der Waals surface area contributed by atoms with E-state index in [2.05, 4.69) is 48.0 Å². The number of pyridine rings is 1. The first-order chi connectivity index (χ1) is 28.0. The van der Waals surface area contributed by atoms with Gasteiger partial charge >= 0.3 is 11.4 Å². The van der Waals surface area contributed by atoms with E-state index >= 15 is 0 Å². The molecule has 0 fully saturated rings. The van der Waals surface area contributed by atoms with Gasteiger partial charge in [-0.25, -0.2) is 14.2 Å². The molecule has 0 amide bonds. The van der Waals surface area contributed by atoms with Crippen LogP contribution in [0.5, 0.6) is 0 Å². The Morgan fingerprint density at radius 2 is 1.19 bits per heavy atom. The van der Waals surface area contributed by atoms with Gasteiger partial charge in [-0.05, 0) is 65.1 Å². The van der Waals surface area contributed by atoms with Gasteiger partial charge < -0.3 is 8.83 Å². The van der Waals surface area contributed by atoms with Crippen LogP contribution in [0.4, 0.5) is 0 Å². The van der Waals surface area contributed by atoms with E-state index in [1.54, 1.807) is 36.5 Å². The van der Waals surface area contributed by atoms with Crippen LogP contribution in [-0.2, 0) is 0 Å². The van der Waals surface area contributed by atoms with Gasteiger partial charge in [-0.3, -0.25) is 4.40 Å². The van der Waals surface area contributed by atoms with Crippen molar-refractivity contribution in [2.45, 2.75) is 6.92 Å². The highest BCUT2D eigenvalue weighted by Crippen LogP contribution is 2.39. The number of allylic oxidation sites excluding steroid dienone is 1. The topological polar surface area (TPSA) is 82.7 Å². The van der Waals surface area contributed by atoms with Crippen LogP contribution in [0.2, 0.25) is 0 Å². The summed E-state index contributed by atoms with van der Waals surface area (Å²) in [5.41, 5.74) is 9.99. The first-order valence-corrected chi connectivity index (χ1v) is 18.7. The van der Waals surface area contributed by atoms with Gasteiger partial charge in [0.25, 0.3) is 0 Å². The Morgan fingerprint density at radius 1 is 0.596 bits per heavy atom. The molecular formula is C50H33N3O4. The zero-order valence-electron chi connectivity index (χ0n) is 30.8. The fourth-order valence-corrected chi connectivity index (χ4v) is 7.87. The number of para-hydroxylation sites is 4. The number of furan rings is 2. The third-order valence-electron chi connectivity index (χ3n) is 10.6. The molecule has 0 aliphatic heterocycles. The standard InChI is InChI=1S/C50H33N3O4/c1-3-12-39-41-18-10-16-37(46(41)56-44(39)4-2)32-23-21-31(22-24-32)35-29-43(48-51-49(54)53(50(55)52(48)30-35)36-13-6-5-7-14-36)34-27-25-33(26-28-34)38-17-11-19-42-40-15-8-9-20-45(40)57-47(38)42/h3-30H,2H2,1H3/b12-3-. The van der Waals surface area contributed by atoms with Crippen molar-refractivity contribution in [1.82, 2.24) is 14.0 Å². The van der Waals surface area contributed by atoms with E-state index in [1.807, 2.05) is 104 Å². The molecule has 10 aromatic rings. The van der Waals surface area contributed by atoms with Gasteiger partial charge in [0.1, 0.15) is 22.5 Å². The molecule has 0 bridgehead atoms. The summed E-state index contributed by atoms with van der Waals surface area (Å²) in [5, 5.41) is 3.13. The highest BCUT2D eigenvalue weighted by atomic mass is 16.3. The lowest BCUT2D eigenvalue weighted by molar-refractivity contribution is 0.604. The van der Waals surface area contributed by atoms with Crippen LogP contribution in [0, 0.1) is 0 Å². The van der Waals surface area contributed by atoms with Crippen LogP contribution < -0.4 is 11.4 Å². The third-order valence-corrected chi connectivity index (χ3v) is 10.6. The molecule has 7 nitrogen and oxygen atoms in total. The molecule has 0 aliphatic rings. The van der Waals surface area contributed by atoms with Gasteiger partial charge in [0, 0.05) is 44.6 Å². The average molecular weight is 740 g/mol. The maximum atomic E-state index is 14.3. The predicted octanol–water partition coefficient (Wildman–Crippen LogP) is 11.8. The minimum Gasteiger partial charge on any atom is -0.455 e. The summed E-state index contributed by atoms with van der Waals surface area (Å²) >= 11 is 0. The summed E-state index contributed by atoms with van der Waals surface area (Å²) in [6.45, 7) is 5.94. The summed E-state index contributed by atoms with van der Waals surface area (Å²) in [7, 11) is 0. The second kappa shape index (κ2) is 13.5. The van der Waals surface area contributed by atoms with Gasteiger partial charge in [0.2, 0.25) is 0 Å². The van der Waals surface area contributed by atoms with Gasteiger partial charge in [-0.15, -0.1) is 0 Å². The zero-order chi connectivity index (χ0) is 38.6. The molecule has 0 aliphatic carbocycles. The molecule has 0 radical (unpaired) electrons. The van der Waals surface area contributed by atoms with Crippen LogP contribution in [-0.4, -0.2) is 14.0 Å². The number of hydrogen-bond acceptors (Lipinski definition) is 5. The quantitative estimate of drug-likeness (QED) is 0.162. The van der Waals surface area contributed by atoms with E-state index in [9.17, 15) is 9.59 Å². The largest absolute Gasteiger partial charge is 0.455 e. The molecule has 0 saturated heterocycles. The third kappa shape index (κ3) is 5.55. The second-order valence-electron chi connectivity index (χ2n) is 13.9. The van der Waals surface area contributed by atoms with Crippen molar-refractivity contribution < 1.29 is 8.83 Å². The number of nitrogens with zero attached hydrogens (tertiary/aromatic N) is 3. The van der Waals surface area contributed by atoms with Crippen molar-refractivity contribution in [1.29, 1.82) is 0 Å². The second-order valence-corrected chi connectivity index (χ2v) is 13.9. The van der Waals surface area contributed by atoms with Crippen LogP contribution in [0.25, 0.3) is 101 Å². The van der Waals surface area contributed by atoms with E-state index in [-0.39, 0.29) is 5.65 Å². The Morgan fingerprint density at radius 3 is 1.88 bits per heavy atom. The Balaban J connectivity index is 1.12. The van der Waals surface area contributed by atoms with Gasteiger partial charge in [0.05, 0.1) is 5.69 Å². The zero-order valence-corrected chi connectivity index (χ0v) is 30.8. The Bertz CT molecular complexity index is 3350. The number of rotatable bonds is 7.